The van der Waals surface area contributed by atoms with Crippen LogP contribution in [0.2, 0.25) is 0 Å². The summed E-state index contributed by atoms with van der Waals surface area (Å²) in [5.74, 6) is -3.90. The number of fused-ring (bicyclic) bond motifs is 1. The second kappa shape index (κ2) is 9.94. The molecule has 1 atom stereocenters. The molecule has 2 aromatic rings. The van der Waals surface area contributed by atoms with Gasteiger partial charge in [-0.25, -0.2) is 8.42 Å². The smallest absolute Gasteiger partial charge is 0.543 e. The Morgan fingerprint density at radius 2 is 1.88 bits per heavy atom. The summed E-state index contributed by atoms with van der Waals surface area (Å²) in [6.07, 6.45) is 4.76. The molecule has 2 amide bonds. The Morgan fingerprint density at radius 1 is 1.18 bits per heavy atom. The number of carbonyl (C=O) groups is 3. The number of carboxylic acid groups (broad SMARTS) is 1. The van der Waals surface area contributed by atoms with E-state index in [1.54, 1.807) is 18.2 Å². The van der Waals surface area contributed by atoms with E-state index in [0.29, 0.717) is 16.3 Å². The van der Waals surface area contributed by atoms with Crippen LogP contribution in [0, 0.1) is 0 Å². The van der Waals surface area contributed by atoms with Crippen LogP contribution >= 0.6 is 0 Å². The predicted molar refractivity (Wildman–Crippen MR) is 115 cm³/mol. The minimum absolute atomic E-state index is 0. The molecular formula is C22H16N3NaO7S. The van der Waals surface area contributed by atoms with E-state index in [4.69, 9.17) is 0 Å². The van der Waals surface area contributed by atoms with Crippen LogP contribution in [0.15, 0.2) is 77.7 Å². The molecule has 1 aromatic heterocycles. The van der Waals surface area contributed by atoms with E-state index in [1.165, 1.54) is 36.5 Å². The van der Waals surface area contributed by atoms with Crippen molar-refractivity contribution in [2.24, 2.45) is 0 Å². The summed E-state index contributed by atoms with van der Waals surface area (Å²) in [5.41, 5.74) is -0.244. The van der Waals surface area contributed by atoms with Crippen molar-refractivity contribution in [3.8, 4) is 5.75 Å². The summed E-state index contributed by atoms with van der Waals surface area (Å²) in [4.78, 5) is 41.3. The first kappa shape index (κ1) is 25.4. The zero-order valence-corrected chi connectivity index (χ0v) is 20.7. The molecule has 0 radical (unpaired) electrons. The Morgan fingerprint density at radius 3 is 2.50 bits per heavy atom. The number of aliphatic carboxylic acids is 1. The van der Waals surface area contributed by atoms with Crippen LogP contribution in [0.25, 0.3) is 6.08 Å². The van der Waals surface area contributed by atoms with Crippen LogP contribution in [0.3, 0.4) is 0 Å². The molecule has 2 aliphatic rings. The molecule has 0 spiro atoms. The third-order valence-electron chi connectivity index (χ3n) is 4.96. The van der Waals surface area contributed by atoms with Gasteiger partial charge in [0, 0.05) is 18.0 Å². The van der Waals surface area contributed by atoms with Crippen LogP contribution in [-0.2, 0) is 24.2 Å². The van der Waals surface area contributed by atoms with Crippen molar-refractivity contribution in [1.29, 1.82) is 0 Å². The number of anilines is 1. The van der Waals surface area contributed by atoms with Crippen LogP contribution in [0.1, 0.15) is 5.69 Å². The number of amides is 2. The van der Waals surface area contributed by atoms with E-state index < -0.39 is 44.4 Å². The molecule has 1 aromatic carbocycles. The fraction of sp³-hybridized carbons (Fsp3) is 0.0909. The first-order chi connectivity index (χ1) is 15.7. The molecule has 0 saturated carbocycles. The number of nitrogens with zero attached hydrogens (tertiary/aromatic N) is 2. The van der Waals surface area contributed by atoms with Gasteiger partial charge in [-0.2, -0.15) is 0 Å². The zero-order chi connectivity index (χ0) is 23.8. The summed E-state index contributed by atoms with van der Waals surface area (Å²) < 4.78 is 25.7. The first-order valence-corrected chi connectivity index (χ1v) is 11.3. The molecule has 2 aliphatic heterocycles. The number of nitrogens with one attached hydrogen (secondary N) is 1. The quantitative estimate of drug-likeness (QED) is 0.194. The third kappa shape index (κ3) is 4.97. The van der Waals surface area contributed by atoms with Gasteiger partial charge in [-0.15, -0.1) is 0 Å². The number of allylic oxidation sites excluding steroid dienone is 1. The first-order valence-electron chi connectivity index (χ1n) is 9.58. The minimum atomic E-state index is -4.00. The van der Waals surface area contributed by atoms with Crippen LogP contribution in [-0.4, -0.2) is 52.3 Å². The Kier molecular flexibility index (Phi) is 7.41. The van der Waals surface area contributed by atoms with Crippen LogP contribution < -0.4 is 40.0 Å². The molecule has 3 heterocycles. The van der Waals surface area contributed by atoms with Gasteiger partial charge in [0.2, 0.25) is 5.91 Å². The number of aromatic nitrogens is 1. The van der Waals surface area contributed by atoms with Crippen molar-refractivity contribution in [3.63, 3.8) is 0 Å². The minimum Gasteiger partial charge on any atom is -0.543 e. The topological polar surface area (TPSA) is 157 Å². The van der Waals surface area contributed by atoms with E-state index in [0.717, 1.165) is 12.2 Å². The van der Waals surface area contributed by atoms with Gasteiger partial charge in [0.05, 0.1) is 28.7 Å². The average molecular weight is 489 g/mol. The van der Waals surface area contributed by atoms with E-state index in [9.17, 15) is 33.0 Å². The third-order valence-corrected chi connectivity index (χ3v) is 6.82. The molecule has 4 rings (SSSR count). The van der Waals surface area contributed by atoms with Gasteiger partial charge < -0.3 is 20.3 Å². The molecular weight excluding hydrogens is 473 g/mol. The summed E-state index contributed by atoms with van der Waals surface area (Å²) in [7, 11) is -4.00. The maximum Gasteiger partial charge on any atom is 1.00 e. The number of phenols is 1. The summed E-state index contributed by atoms with van der Waals surface area (Å²) in [5, 5.41) is 22.1. The SMILES string of the molecule is O=C(/C=C/C1=C(C(=O)[O-])N2C(=O)/C(=C/c3ccccn3)[C@H]2S(=O)(=O)C1)Nc1ccc(O)cc1.[Na+]. The van der Waals surface area contributed by atoms with Gasteiger partial charge >= 0.3 is 29.6 Å². The molecule has 12 heteroatoms. The number of aromatic hydroxyl groups is 1. The number of carbonyl (C=O) groups excluding carboxylic acids is 3. The van der Waals surface area contributed by atoms with E-state index in [-0.39, 0.29) is 46.5 Å². The van der Waals surface area contributed by atoms with Gasteiger partial charge in [-0.05, 0) is 48.0 Å². The molecule has 0 aliphatic carbocycles. The van der Waals surface area contributed by atoms with Crippen LogP contribution in [0.4, 0.5) is 5.69 Å². The second-order valence-corrected chi connectivity index (χ2v) is 9.28. The largest absolute Gasteiger partial charge is 1.00 e. The normalized spacial score (nSPS) is 19.9. The Hall–Kier alpha value is -3.25. The maximum atomic E-state index is 12.9. The van der Waals surface area contributed by atoms with E-state index in [1.807, 2.05) is 0 Å². The Bertz CT molecular complexity index is 1350. The molecule has 1 saturated heterocycles. The standard InChI is InChI=1S/C22H17N3O7S.Na/c26-16-7-5-14(6-8-16)24-18(27)9-4-13-12-33(31,32)21-17(11-15-3-1-2-10-23-15)20(28)25(21)19(13)22(29)30;/h1-11,21,26H,12H2,(H,24,27)(H,29,30);/q;+1/p-1/b9-4+,17-11-;/t21-;/m1./s1. The van der Waals surface area contributed by atoms with Crippen molar-refractivity contribution in [2.75, 3.05) is 11.1 Å². The van der Waals surface area contributed by atoms with Gasteiger partial charge in [0.1, 0.15) is 5.75 Å². The summed E-state index contributed by atoms with van der Waals surface area (Å²) in [6.45, 7) is 0. The number of β-lactam (4-membered cyclic amide) rings is 1. The fourth-order valence-electron chi connectivity index (χ4n) is 3.53. The summed E-state index contributed by atoms with van der Waals surface area (Å²) in [6, 6.07) is 10.5. The number of pyridine rings is 1. The van der Waals surface area contributed by atoms with E-state index in [2.05, 4.69) is 10.3 Å². The molecule has 34 heavy (non-hydrogen) atoms. The van der Waals surface area contributed by atoms with Crippen molar-refractivity contribution in [3.05, 3.63) is 83.4 Å². The van der Waals surface area contributed by atoms with Crippen LogP contribution in [0.5, 0.6) is 5.75 Å². The molecule has 0 bridgehead atoms. The zero-order valence-electron chi connectivity index (χ0n) is 17.8. The number of carboxylic acids is 1. The number of sulfone groups is 1. The fourth-order valence-corrected chi connectivity index (χ4v) is 5.43. The van der Waals surface area contributed by atoms with Gasteiger partial charge in [-0.3, -0.25) is 19.5 Å². The monoisotopic (exact) mass is 489 g/mol. The number of phenolic OH excluding ortho intramolecular Hbond substituents is 1. The van der Waals surface area contributed by atoms with E-state index >= 15 is 0 Å². The summed E-state index contributed by atoms with van der Waals surface area (Å²) >= 11 is 0. The molecule has 168 valence electrons. The average Bonchev–Trinajstić information content (AvgIpc) is 2.77. The number of benzene rings is 1. The van der Waals surface area contributed by atoms with Gasteiger partial charge in [0.25, 0.3) is 5.91 Å². The number of rotatable bonds is 5. The Balaban J connectivity index is 0.00000324. The van der Waals surface area contributed by atoms with Gasteiger partial charge in [0.15, 0.2) is 15.2 Å². The maximum absolute atomic E-state index is 12.9. The van der Waals surface area contributed by atoms with Crippen molar-refractivity contribution >= 4 is 39.4 Å². The number of hydrogen-bond donors (Lipinski definition) is 2. The van der Waals surface area contributed by atoms with Crippen molar-refractivity contribution < 1.29 is 62.6 Å². The molecule has 1 fully saturated rings. The van der Waals surface area contributed by atoms with Crippen molar-refractivity contribution in [2.45, 2.75) is 5.37 Å². The van der Waals surface area contributed by atoms with Gasteiger partial charge in [-0.1, -0.05) is 12.1 Å². The number of hydrogen-bond acceptors (Lipinski definition) is 8. The Labute approximate surface area is 216 Å². The van der Waals surface area contributed by atoms with Crippen molar-refractivity contribution in [1.82, 2.24) is 9.88 Å². The molecule has 0 unspecified atom stereocenters. The molecule has 10 nitrogen and oxygen atoms in total. The predicted octanol–water partition coefficient (Wildman–Crippen LogP) is -3.03. The molecule has 2 N–H and O–H groups in total. The second-order valence-electron chi connectivity index (χ2n) is 7.22.